The Morgan fingerprint density at radius 1 is 1.11 bits per heavy atom. The minimum Gasteiger partial charge on any atom is -0.697 e. The molecule has 93 valence electrons. The maximum atomic E-state index is 5.27. The maximum absolute atomic E-state index is 5.27. The van der Waals surface area contributed by atoms with E-state index >= 15 is 0 Å². The van der Waals surface area contributed by atoms with Crippen molar-refractivity contribution < 1.29 is 23.0 Å². The molecule has 18 heavy (non-hydrogen) atoms. The minimum atomic E-state index is 0. The summed E-state index contributed by atoms with van der Waals surface area (Å²) in [5, 5.41) is 7.66. The van der Waals surface area contributed by atoms with Gasteiger partial charge in [-0.15, -0.1) is 22.3 Å². The first kappa shape index (κ1) is 18.7. The Hall–Kier alpha value is -1.63. The fourth-order valence-corrected chi connectivity index (χ4v) is 1.06. The second kappa shape index (κ2) is 10.5. The van der Waals surface area contributed by atoms with Crippen LogP contribution in [0, 0.1) is 26.7 Å². The number of aryl methyl sites for hydroxylation is 1. The molecule has 0 aliphatic carbocycles. The van der Waals surface area contributed by atoms with Crippen LogP contribution in [0.25, 0.3) is 11.5 Å². The SMILES string of the molecule is CC.[C-]#C.[CH2-]c1ccc(-c2nnc(C)o2)cc1.[V+2]. The zero-order valence-corrected chi connectivity index (χ0v) is 12.2. The Kier molecular flexibility index (Phi) is 11.0. The van der Waals surface area contributed by atoms with Gasteiger partial charge in [0.2, 0.25) is 11.8 Å². The number of aromatic nitrogens is 2. The van der Waals surface area contributed by atoms with Crippen LogP contribution in [0.2, 0.25) is 0 Å². The largest absolute Gasteiger partial charge is 2.00 e. The van der Waals surface area contributed by atoms with E-state index in [0.29, 0.717) is 11.8 Å². The Bertz CT molecular complexity index is 446. The molecule has 1 aromatic carbocycles. The van der Waals surface area contributed by atoms with E-state index in [0.717, 1.165) is 11.1 Å². The number of hydrogen-bond acceptors (Lipinski definition) is 3. The van der Waals surface area contributed by atoms with Crippen LogP contribution >= 0.6 is 0 Å². The predicted molar refractivity (Wildman–Crippen MR) is 68.5 cm³/mol. The maximum Gasteiger partial charge on any atom is 2.00 e. The number of terminal acetylenes is 1. The Morgan fingerprint density at radius 3 is 2.00 bits per heavy atom. The summed E-state index contributed by atoms with van der Waals surface area (Å²) in [5.74, 6) is 1.13. The molecule has 0 saturated heterocycles. The molecule has 2 aromatic rings. The molecule has 3 nitrogen and oxygen atoms in total. The van der Waals surface area contributed by atoms with Gasteiger partial charge in [-0.05, 0) is 0 Å². The van der Waals surface area contributed by atoms with Crippen LogP contribution in [0.5, 0.6) is 0 Å². The monoisotopic (exact) mass is 279 g/mol. The van der Waals surface area contributed by atoms with Gasteiger partial charge in [0.25, 0.3) is 0 Å². The number of nitrogens with zero attached hydrogens (tertiary/aromatic N) is 2. The van der Waals surface area contributed by atoms with Crippen LogP contribution in [0.3, 0.4) is 0 Å². The van der Waals surface area contributed by atoms with Crippen molar-refractivity contribution in [2.45, 2.75) is 20.8 Å². The van der Waals surface area contributed by atoms with E-state index in [4.69, 9.17) is 10.8 Å². The quantitative estimate of drug-likeness (QED) is 0.592. The van der Waals surface area contributed by atoms with Gasteiger partial charge in [-0.3, -0.25) is 0 Å². The van der Waals surface area contributed by atoms with Gasteiger partial charge in [-0.2, -0.15) is 24.6 Å². The summed E-state index contributed by atoms with van der Waals surface area (Å²) in [6, 6.07) is 7.65. The van der Waals surface area contributed by atoms with Crippen molar-refractivity contribution >= 4 is 0 Å². The molecule has 4 heteroatoms. The molecule has 0 amide bonds. The number of hydrogen-bond donors (Lipinski definition) is 0. The van der Waals surface area contributed by atoms with Gasteiger partial charge >= 0.3 is 18.6 Å². The summed E-state index contributed by atoms with van der Waals surface area (Å²) in [5.41, 5.74) is 1.90. The van der Waals surface area contributed by atoms with Crippen LogP contribution in [-0.2, 0) is 18.6 Å². The van der Waals surface area contributed by atoms with Crippen molar-refractivity contribution in [3.63, 3.8) is 0 Å². The topological polar surface area (TPSA) is 38.9 Å². The van der Waals surface area contributed by atoms with Gasteiger partial charge < -0.3 is 17.3 Å². The van der Waals surface area contributed by atoms with E-state index in [9.17, 15) is 0 Å². The zero-order valence-electron chi connectivity index (χ0n) is 10.8. The number of rotatable bonds is 1. The Labute approximate surface area is 121 Å². The third kappa shape index (κ3) is 5.63. The van der Waals surface area contributed by atoms with Gasteiger partial charge in [-0.25, -0.2) is 0 Å². The van der Waals surface area contributed by atoms with Crippen molar-refractivity contribution in [1.82, 2.24) is 10.2 Å². The van der Waals surface area contributed by atoms with Crippen molar-refractivity contribution in [3.8, 4) is 17.9 Å². The second-order valence-electron chi connectivity index (χ2n) is 2.82. The molecule has 2 rings (SSSR count). The van der Waals surface area contributed by atoms with Gasteiger partial charge in [-0.1, -0.05) is 13.8 Å². The van der Waals surface area contributed by atoms with E-state index in [2.05, 4.69) is 23.5 Å². The molecular formula is C14H16N2OV. The molecule has 0 atom stereocenters. The third-order valence-corrected chi connectivity index (χ3v) is 1.73. The summed E-state index contributed by atoms with van der Waals surface area (Å²) in [7, 11) is 0. The van der Waals surface area contributed by atoms with Gasteiger partial charge in [0.1, 0.15) is 0 Å². The first-order chi connectivity index (χ1) is 8.25. The van der Waals surface area contributed by atoms with Crippen LogP contribution < -0.4 is 0 Å². The van der Waals surface area contributed by atoms with E-state index in [1.165, 1.54) is 0 Å². The molecule has 0 N–H and O–H groups in total. The van der Waals surface area contributed by atoms with Crippen molar-refractivity contribution in [2.24, 2.45) is 0 Å². The molecule has 0 unspecified atom stereocenters. The van der Waals surface area contributed by atoms with E-state index < -0.39 is 0 Å². The summed E-state index contributed by atoms with van der Waals surface area (Å²) < 4.78 is 5.27. The van der Waals surface area contributed by atoms with Crippen molar-refractivity contribution in [2.75, 3.05) is 0 Å². The molecule has 0 saturated carbocycles. The number of benzene rings is 1. The molecular weight excluding hydrogens is 263 g/mol. The summed E-state index contributed by atoms with van der Waals surface area (Å²) >= 11 is 0. The standard InChI is InChI=1S/C10H9N2O.C2H6.C2H.V/c1-7-3-5-9(6-4-7)10-12-11-8(2)13-10;2*1-2;/h3-6H,1H2,2H3;1-2H3;1H;/q-1;;-1;+2. The van der Waals surface area contributed by atoms with Crippen LogP contribution in [0.1, 0.15) is 25.3 Å². The van der Waals surface area contributed by atoms with Gasteiger partial charge in [0.15, 0.2) is 0 Å². The second-order valence-corrected chi connectivity index (χ2v) is 2.82. The average Bonchev–Trinajstić information content (AvgIpc) is 2.82. The Morgan fingerprint density at radius 2 is 1.61 bits per heavy atom. The van der Waals surface area contributed by atoms with Gasteiger partial charge in [0.05, 0.1) is 0 Å². The molecule has 0 bridgehead atoms. The summed E-state index contributed by atoms with van der Waals surface area (Å²) in [6.45, 7) is 9.56. The van der Waals surface area contributed by atoms with Crippen LogP contribution in [0.15, 0.2) is 28.7 Å². The summed E-state index contributed by atoms with van der Waals surface area (Å²) in [4.78, 5) is 0. The fourth-order valence-electron chi connectivity index (χ4n) is 1.06. The minimum absolute atomic E-state index is 0. The zero-order chi connectivity index (χ0) is 13.3. The van der Waals surface area contributed by atoms with E-state index in [1.54, 1.807) is 6.92 Å². The molecule has 1 radical (unpaired) electrons. The molecule has 1 aromatic heterocycles. The van der Waals surface area contributed by atoms with Crippen molar-refractivity contribution in [3.05, 3.63) is 49.1 Å². The van der Waals surface area contributed by atoms with Gasteiger partial charge in [0, 0.05) is 12.5 Å². The molecule has 0 fully saturated rings. The first-order valence-electron chi connectivity index (χ1n) is 5.27. The fraction of sp³-hybridized carbons (Fsp3) is 0.214. The molecule has 1 heterocycles. The smallest absolute Gasteiger partial charge is 0.697 e. The van der Waals surface area contributed by atoms with Crippen LogP contribution in [0.4, 0.5) is 0 Å². The summed E-state index contributed by atoms with van der Waals surface area (Å²) in [6.07, 6.45) is 9.00. The molecule has 0 spiro atoms. The normalized spacial score (nSPS) is 7.83. The average molecular weight is 279 g/mol. The van der Waals surface area contributed by atoms with Crippen molar-refractivity contribution in [1.29, 1.82) is 0 Å². The third-order valence-electron chi connectivity index (χ3n) is 1.73. The molecule has 0 aliphatic rings. The molecule has 0 aliphatic heterocycles. The first-order valence-corrected chi connectivity index (χ1v) is 5.27. The predicted octanol–water partition coefficient (Wildman–Crippen LogP) is 3.46. The Balaban J connectivity index is 0. The van der Waals surface area contributed by atoms with E-state index in [-0.39, 0.29) is 18.6 Å². The van der Waals surface area contributed by atoms with E-state index in [1.807, 2.05) is 38.1 Å². The van der Waals surface area contributed by atoms with Crippen LogP contribution in [-0.4, -0.2) is 10.2 Å².